The van der Waals surface area contributed by atoms with Crippen LogP contribution in [0.3, 0.4) is 0 Å². The van der Waals surface area contributed by atoms with E-state index in [1.807, 2.05) is 6.92 Å². The van der Waals surface area contributed by atoms with Crippen LogP contribution in [0.1, 0.15) is 46.5 Å². The van der Waals surface area contributed by atoms with Gasteiger partial charge in [-0.3, -0.25) is 9.59 Å². The molecule has 0 saturated carbocycles. The van der Waals surface area contributed by atoms with Gasteiger partial charge in [-0.05, 0) is 49.1 Å². The summed E-state index contributed by atoms with van der Waals surface area (Å²) >= 11 is 6.35. The minimum Gasteiger partial charge on any atom is -0.493 e. The van der Waals surface area contributed by atoms with E-state index < -0.39 is 0 Å². The summed E-state index contributed by atoms with van der Waals surface area (Å²) in [5, 5.41) is 5.69. The van der Waals surface area contributed by atoms with Crippen LogP contribution in [0.5, 0.6) is 11.5 Å². The Labute approximate surface area is 176 Å². The Morgan fingerprint density at radius 2 is 1.83 bits per heavy atom. The van der Waals surface area contributed by atoms with Crippen LogP contribution in [-0.2, 0) is 0 Å². The molecule has 0 spiro atoms. The van der Waals surface area contributed by atoms with E-state index in [2.05, 4.69) is 24.5 Å². The minimum atomic E-state index is -0.365. The molecule has 2 N–H and O–H groups in total. The van der Waals surface area contributed by atoms with Crippen molar-refractivity contribution in [2.24, 2.45) is 5.92 Å². The van der Waals surface area contributed by atoms with Crippen molar-refractivity contribution in [2.45, 2.75) is 27.2 Å². The Bertz CT molecular complexity index is 897. The summed E-state index contributed by atoms with van der Waals surface area (Å²) in [7, 11) is 3.05. The largest absolute Gasteiger partial charge is 0.493 e. The fraction of sp³-hybridized carbons (Fsp3) is 0.364. The van der Waals surface area contributed by atoms with Crippen LogP contribution in [0.25, 0.3) is 0 Å². The zero-order valence-electron chi connectivity index (χ0n) is 17.4. The molecule has 0 radical (unpaired) electrons. The fourth-order valence-corrected chi connectivity index (χ4v) is 2.89. The van der Waals surface area contributed by atoms with Crippen LogP contribution < -0.4 is 20.1 Å². The summed E-state index contributed by atoms with van der Waals surface area (Å²) in [6, 6.07) is 8.24. The molecule has 0 unspecified atom stereocenters. The molecule has 2 rings (SSSR count). The molecule has 0 aliphatic carbocycles. The molecule has 156 valence electrons. The lowest BCUT2D eigenvalue weighted by Crippen LogP contribution is -2.19. The van der Waals surface area contributed by atoms with Crippen molar-refractivity contribution in [3.05, 3.63) is 52.0 Å². The summed E-state index contributed by atoms with van der Waals surface area (Å²) in [6.07, 6.45) is 0.878. The van der Waals surface area contributed by atoms with Crippen LogP contribution in [0.15, 0.2) is 30.3 Å². The number of carbonyl (C=O) groups is 2. The molecular formula is C22H27ClN2O4. The number of amides is 2. The first-order valence-electron chi connectivity index (χ1n) is 9.41. The van der Waals surface area contributed by atoms with E-state index in [1.54, 1.807) is 37.4 Å². The van der Waals surface area contributed by atoms with Crippen molar-refractivity contribution in [2.75, 3.05) is 26.1 Å². The third-order valence-electron chi connectivity index (χ3n) is 4.41. The summed E-state index contributed by atoms with van der Waals surface area (Å²) < 4.78 is 11.1. The van der Waals surface area contributed by atoms with E-state index in [-0.39, 0.29) is 11.8 Å². The van der Waals surface area contributed by atoms with Gasteiger partial charge in [0.15, 0.2) is 11.5 Å². The highest BCUT2D eigenvalue weighted by atomic mass is 35.5. The molecule has 0 aliphatic rings. The number of carbonyl (C=O) groups excluding carboxylic acids is 2. The van der Waals surface area contributed by atoms with Gasteiger partial charge in [0.25, 0.3) is 11.8 Å². The van der Waals surface area contributed by atoms with E-state index in [4.69, 9.17) is 21.1 Å². The highest BCUT2D eigenvalue weighted by Crippen LogP contribution is 2.37. The van der Waals surface area contributed by atoms with E-state index in [0.717, 1.165) is 12.0 Å². The molecule has 7 heteroatoms. The molecule has 0 saturated heterocycles. The molecule has 0 heterocycles. The second-order valence-corrected chi connectivity index (χ2v) is 7.49. The Balaban J connectivity index is 2.25. The SMILES string of the molecule is CNC(=O)c1ccc(C)c(NC(=O)c2cc(Cl)c(OCCC(C)C)c(OC)c2)c1. The topological polar surface area (TPSA) is 76.7 Å². The predicted molar refractivity (Wildman–Crippen MR) is 115 cm³/mol. The number of nitrogens with one attached hydrogen (secondary N) is 2. The van der Waals surface area contributed by atoms with Crippen LogP contribution in [-0.4, -0.2) is 32.6 Å². The van der Waals surface area contributed by atoms with Crippen molar-refractivity contribution in [3.8, 4) is 11.5 Å². The highest BCUT2D eigenvalue weighted by Gasteiger charge is 2.17. The number of rotatable bonds is 8. The molecule has 2 aromatic rings. The Hall–Kier alpha value is -2.73. The van der Waals surface area contributed by atoms with E-state index in [1.165, 1.54) is 7.11 Å². The minimum absolute atomic E-state index is 0.229. The van der Waals surface area contributed by atoms with E-state index in [9.17, 15) is 9.59 Å². The molecule has 0 atom stereocenters. The van der Waals surface area contributed by atoms with Crippen molar-refractivity contribution >= 4 is 29.1 Å². The van der Waals surface area contributed by atoms with Gasteiger partial charge >= 0.3 is 0 Å². The monoisotopic (exact) mass is 418 g/mol. The molecule has 2 aromatic carbocycles. The second kappa shape index (κ2) is 10.2. The van der Waals surface area contributed by atoms with Gasteiger partial charge in [-0.1, -0.05) is 31.5 Å². The number of methoxy groups -OCH3 is 1. The first kappa shape index (κ1) is 22.6. The van der Waals surface area contributed by atoms with E-state index >= 15 is 0 Å². The smallest absolute Gasteiger partial charge is 0.255 e. The molecule has 2 amide bonds. The number of halogens is 1. The van der Waals surface area contributed by atoms with Gasteiger partial charge in [0, 0.05) is 23.9 Å². The normalized spacial score (nSPS) is 10.6. The molecule has 0 fully saturated rings. The summed E-state index contributed by atoms with van der Waals surface area (Å²) in [6.45, 7) is 6.57. The number of ether oxygens (including phenoxy) is 2. The van der Waals surface area contributed by atoms with Crippen molar-refractivity contribution in [3.63, 3.8) is 0 Å². The summed E-state index contributed by atoms with van der Waals surface area (Å²) in [5.74, 6) is 0.717. The Kier molecular flexibility index (Phi) is 7.91. The predicted octanol–water partition coefficient (Wildman–Crippen LogP) is 4.69. The third-order valence-corrected chi connectivity index (χ3v) is 4.69. The number of hydrogen-bond acceptors (Lipinski definition) is 4. The lowest BCUT2D eigenvalue weighted by atomic mass is 10.1. The number of hydrogen-bond donors (Lipinski definition) is 2. The van der Waals surface area contributed by atoms with Gasteiger partial charge < -0.3 is 20.1 Å². The zero-order chi connectivity index (χ0) is 21.6. The molecular weight excluding hydrogens is 392 g/mol. The van der Waals surface area contributed by atoms with Gasteiger partial charge in [-0.25, -0.2) is 0 Å². The third kappa shape index (κ3) is 5.87. The van der Waals surface area contributed by atoms with Gasteiger partial charge in [0.2, 0.25) is 0 Å². The van der Waals surface area contributed by atoms with Gasteiger partial charge in [0.1, 0.15) is 0 Å². The van der Waals surface area contributed by atoms with Crippen molar-refractivity contribution in [1.82, 2.24) is 5.32 Å². The maximum absolute atomic E-state index is 12.8. The van der Waals surface area contributed by atoms with Crippen LogP contribution >= 0.6 is 11.6 Å². The molecule has 6 nitrogen and oxygen atoms in total. The standard InChI is InChI=1S/C22H27ClN2O4/c1-13(2)8-9-29-20-17(23)10-16(12-19(20)28-5)22(27)25-18-11-15(21(26)24-4)7-6-14(18)3/h6-7,10-13H,8-9H2,1-5H3,(H,24,26)(H,25,27). The van der Waals surface area contributed by atoms with Crippen molar-refractivity contribution in [1.29, 1.82) is 0 Å². The fourth-order valence-electron chi connectivity index (χ4n) is 2.62. The van der Waals surface area contributed by atoms with Gasteiger partial charge in [-0.15, -0.1) is 0 Å². The Morgan fingerprint density at radius 1 is 1.10 bits per heavy atom. The van der Waals surface area contributed by atoms with Gasteiger partial charge in [0.05, 0.1) is 18.7 Å². The van der Waals surface area contributed by atoms with Crippen LogP contribution in [0.4, 0.5) is 5.69 Å². The lowest BCUT2D eigenvalue weighted by Gasteiger charge is -2.15. The average Bonchev–Trinajstić information content (AvgIpc) is 2.69. The van der Waals surface area contributed by atoms with Crippen LogP contribution in [0.2, 0.25) is 5.02 Å². The zero-order valence-corrected chi connectivity index (χ0v) is 18.1. The summed E-state index contributed by atoms with van der Waals surface area (Å²) in [5.41, 5.74) is 2.16. The first-order valence-corrected chi connectivity index (χ1v) is 9.79. The first-order chi connectivity index (χ1) is 13.8. The number of aryl methyl sites for hydroxylation is 1. The Morgan fingerprint density at radius 3 is 2.45 bits per heavy atom. The second-order valence-electron chi connectivity index (χ2n) is 7.08. The number of benzene rings is 2. The average molecular weight is 419 g/mol. The molecule has 29 heavy (non-hydrogen) atoms. The summed E-state index contributed by atoms with van der Waals surface area (Å²) in [4.78, 5) is 24.6. The lowest BCUT2D eigenvalue weighted by molar-refractivity contribution is 0.0961. The molecule has 0 aromatic heterocycles. The number of anilines is 1. The van der Waals surface area contributed by atoms with Gasteiger partial charge in [-0.2, -0.15) is 0 Å². The van der Waals surface area contributed by atoms with E-state index in [0.29, 0.717) is 45.9 Å². The molecule has 0 aliphatic heterocycles. The van der Waals surface area contributed by atoms with Crippen LogP contribution in [0, 0.1) is 12.8 Å². The highest BCUT2D eigenvalue weighted by molar-refractivity contribution is 6.32. The maximum Gasteiger partial charge on any atom is 0.255 e. The maximum atomic E-state index is 12.8. The van der Waals surface area contributed by atoms with Crippen molar-refractivity contribution < 1.29 is 19.1 Å². The quantitative estimate of drug-likeness (QED) is 0.651. The molecule has 0 bridgehead atoms.